The topological polar surface area (TPSA) is 51.3 Å². The fraction of sp³-hybridized carbons (Fsp3) is 0.179. The van der Waals surface area contributed by atoms with Gasteiger partial charge >= 0.3 is 5.97 Å². The highest BCUT2D eigenvalue weighted by Gasteiger charge is 2.18. The summed E-state index contributed by atoms with van der Waals surface area (Å²) in [6, 6.07) is 22.0. The van der Waals surface area contributed by atoms with E-state index in [9.17, 15) is 4.79 Å². The molecule has 2 heterocycles. The second-order valence-corrected chi connectivity index (χ2v) is 9.47. The molecule has 0 aliphatic carbocycles. The van der Waals surface area contributed by atoms with Gasteiger partial charge in [-0.05, 0) is 64.7 Å². The number of aromatic amines is 1. The van der Waals surface area contributed by atoms with E-state index in [1.54, 1.807) is 11.3 Å². The number of carbonyl (C=O) groups is 1. The number of hydrogen-bond acceptors (Lipinski definition) is 4. The lowest BCUT2D eigenvalue weighted by Crippen LogP contribution is -2.09. The van der Waals surface area contributed by atoms with E-state index < -0.39 is 0 Å². The minimum Gasteiger partial charge on any atom is -0.489 e. The highest BCUT2D eigenvalue weighted by Crippen LogP contribution is 2.33. The molecular formula is C28H24ClNO3S. The number of rotatable bonds is 8. The number of ether oxygens (including phenoxy) is 2. The Bertz CT molecular complexity index is 1460. The van der Waals surface area contributed by atoms with E-state index in [2.05, 4.69) is 10.4 Å². The third-order valence-corrected chi connectivity index (χ3v) is 7.07. The summed E-state index contributed by atoms with van der Waals surface area (Å²) in [5.74, 6) is 0.548. The molecule has 0 radical (unpaired) electrons. The Balaban J connectivity index is 1.49. The van der Waals surface area contributed by atoms with Crippen molar-refractivity contribution in [3.05, 3.63) is 99.5 Å². The minimum atomic E-state index is -0.229. The van der Waals surface area contributed by atoms with E-state index in [1.807, 2.05) is 73.7 Å². The molecule has 0 saturated heterocycles. The molecule has 0 bridgehead atoms. The van der Waals surface area contributed by atoms with Gasteiger partial charge in [-0.15, -0.1) is 11.3 Å². The molecule has 6 heteroatoms. The highest BCUT2D eigenvalue weighted by molar-refractivity contribution is 7.17. The van der Waals surface area contributed by atoms with Crippen LogP contribution in [-0.2, 0) is 29.0 Å². The molecule has 5 aromatic rings. The van der Waals surface area contributed by atoms with Crippen molar-refractivity contribution in [2.75, 3.05) is 6.61 Å². The van der Waals surface area contributed by atoms with Gasteiger partial charge in [-0.25, -0.2) is 0 Å². The number of fused-ring (bicyclic) bond motifs is 2. The Kier molecular flexibility index (Phi) is 6.57. The van der Waals surface area contributed by atoms with Crippen LogP contribution in [0.5, 0.6) is 5.75 Å². The van der Waals surface area contributed by atoms with Crippen molar-refractivity contribution in [2.45, 2.75) is 26.4 Å². The lowest BCUT2D eigenvalue weighted by atomic mass is 10.0. The Morgan fingerprint density at radius 1 is 1.03 bits per heavy atom. The third-order valence-electron chi connectivity index (χ3n) is 5.82. The lowest BCUT2D eigenvalue weighted by Gasteiger charge is -2.07. The molecule has 0 atom stereocenters. The van der Waals surface area contributed by atoms with Crippen molar-refractivity contribution in [3.63, 3.8) is 0 Å². The Morgan fingerprint density at radius 2 is 1.88 bits per heavy atom. The van der Waals surface area contributed by atoms with Crippen LogP contribution < -0.4 is 4.74 Å². The molecule has 5 rings (SSSR count). The maximum absolute atomic E-state index is 12.4. The molecule has 172 valence electrons. The van der Waals surface area contributed by atoms with Crippen LogP contribution in [0, 0.1) is 0 Å². The molecule has 0 unspecified atom stereocenters. The van der Waals surface area contributed by atoms with E-state index >= 15 is 0 Å². The SMILES string of the molecule is CCOC(=O)Cc1c(Cc2csc3ccc(Cl)cc23)[nH]c2cc(OCc3ccccc3)ccc12. The summed E-state index contributed by atoms with van der Waals surface area (Å²) in [6.07, 6.45) is 0.889. The van der Waals surface area contributed by atoms with Crippen molar-refractivity contribution >= 4 is 49.9 Å². The molecule has 0 fully saturated rings. The summed E-state index contributed by atoms with van der Waals surface area (Å²) in [5, 5.41) is 5.03. The van der Waals surface area contributed by atoms with E-state index in [0.717, 1.165) is 43.9 Å². The Labute approximate surface area is 207 Å². The van der Waals surface area contributed by atoms with Gasteiger partial charge < -0.3 is 14.5 Å². The number of benzene rings is 3. The molecule has 0 aliphatic rings. The monoisotopic (exact) mass is 489 g/mol. The molecule has 0 amide bonds. The van der Waals surface area contributed by atoms with Gasteiger partial charge in [0.1, 0.15) is 12.4 Å². The normalized spacial score (nSPS) is 11.2. The fourth-order valence-electron chi connectivity index (χ4n) is 4.21. The summed E-state index contributed by atoms with van der Waals surface area (Å²) in [4.78, 5) is 16.0. The van der Waals surface area contributed by atoms with Gasteiger partial charge in [0.25, 0.3) is 0 Å². The zero-order valence-electron chi connectivity index (χ0n) is 18.8. The number of halogens is 1. The minimum absolute atomic E-state index is 0.218. The summed E-state index contributed by atoms with van der Waals surface area (Å²) in [6.45, 7) is 2.69. The number of carbonyl (C=O) groups excluding carboxylic acids is 1. The summed E-state index contributed by atoms with van der Waals surface area (Å²) in [7, 11) is 0. The second-order valence-electron chi connectivity index (χ2n) is 8.12. The summed E-state index contributed by atoms with van der Waals surface area (Å²) >= 11 is 7.96. The van der Waals surface area contributed by atoms with Crippen LogP contribution in [0.15, 0.2) is 72.1 Å². The van der Waals surface area contributed by atoms with E-state index in [1.165, 1.54) is 10.3 Å². The number of nitrogens with one attached hydrogen (secondary N) is 1. The molecule has 2 aromatic heterocycles. The zero-order valence-corrected chi connectivity index (χ0v) is 20.3. The lowest BCUT2D eigenvalue weighted by molar-refractivity contribution is -0.142. The van der Waals surface area contributed by atoms with E-state index in [-0.39, 0.29) is 12.4 Å². The first-order chi connectivity index (χ1) is 16.6. The predicted molar refractivity (Wildman–Crippen MR) is 139 cm³/mol. The van der Waals surface area contributed by atoms with Crippen LogP contribution in [0.25, 0.3) is 21.0 Å². The fourth-order valence-corrected chi connectivity index (χ4v) is 5.33. The van der Waals surface area contributed by atoms with Gasteiger partial charge in [0.05, 0.1) is 13.0 Å². The molecule has 0 aliphatic heterocycles. The summed E-state index contributed by atoms with van der Waals surface area (Å²) in [5.41, 5.74) is 5.20. The number of aromatic nitrogens is 1. The number of thiophene rings is 1. The van der Waals surface area contributed by atoms with Crippen LogP contribution in [0.1, 0.15) is 29.3 Å². The molecular weight excluding hydrogens is 466 g/mol. The first kappa shape index (κ1) is 22.5. The average Bonchev–Trinajstić information content (AvgIpc) is 3.39. The number of hydrogen-bond donors (Lipinski definition) is 1. The second kappa shape index (κ2) is 9.92. The predicted octanol–water partition coefficient (Wildman–Crippen LogP) is 7.31. The van der Waals surface area contributed by atoms with E-state index in [0.29, 0.717) is 19.6 Å². The quantitative estimate of drug-likeness (QED) is 0.232. The van der Waals surface area contributed by atoms with Crippen molar-refractivity contribution < 1.29 is 14.3 Å². The van der Waals surface area contributed by atoms with Crippen molar-refractivity contribution in [3.8, 4) is 5.75 Å². The average molecular weight is 490 g/mol. The first-order valence-corrected chi connectivity index (χ1v) is 12.5. The van der Waals surface area contributed by atoms with Crippen LogP contribution >= 0.6 is 22.9 Å². The van der Waals surface area contributed by atoms with Gasteiger partial charge in [0.2, 0.25) is 0 Å². The molecule has 4 nitrogen and oxygen atoms in total. The van der Waals surface area contributed by atoms with Crippen molar-refractivity contribution in [1.82, 2.24) is 4.98 Å². The number of H-pyrrole nitrogens is 1. The Hall–Kier alpha value is -3.28. The zero-order chi connectivity index (χ0) is 23.5. The standard InChI is InChI=1S/C28H24ClNO3S/c1-2-32-28(31)15-24-22-10-9-21(33-16-18-6-4-3-5-7-18)14-26(22)30-25(24)12-19-17-34-27-11-8-20(29)13-23(19)27/h3-11,13-14,17,30H,2,12,15-16H2,1H3. The molecule has 3 aromatic carbocycles. The molecule has 0 saturated carbocycles. The smallest absolute Gasteiger partial charge is 0.310 e. The molecule has 0 spiro atoms. The Morgan fingerprint density at radius 3 is 2.71 bits per heavy atom. The van der Waals surface area contributed by atoms with Crippen LogP contribution in [0.3, 0.4) is 0 Å². The number of esters is 1. The highest BCUT2D eigenvalue weighted by atomic mass is 35.5. The van der Waals surface area contributed by atoms with Crippen molar-refractivity contribution in [2.24, 2.45) is 0 Å². The van der Waals surface area contributed by atoms with Gasteiger partial charge in [-0.3, -0.25) is 4.79 Å². The third kappa shape index (κ3) is 4.81. The van der Waals surface area contributed by atoms with E-state index in [4.69, 9.17) is 21.1 Å². The molecule has 1 N–H and O–H groups in total. The maximum Gasteiger partial charge on any atom is 0.310 e. The largest absolute Gasteiger partial charge is 0.489 e. The van der Waals surface area contributed by atoms with Gasteiger partial charge in [0.15, 0.2) is 0 Å². The van der Waals surface area contributed by atoms with Gasteiger partial charge in [-0.1, -0.05) is 41.9 Å². The van der Waals surface area contributed by atoms with Gasteiger partial charge in [-0.2, -0.15) is 0 Å². The van der Waals surface area contributed by atoms with Crippen LogP contribution in [0.2, 0.25) is 5.02 Å². The van der Waals surface area contributed by atoms with Crippen LogP contribution in [0.4, 0.5) is 0 Å². The molecule has 34 heavy (non-hydrogen) atoms. The summed E-state index contributed by atoms with van der Waals surface area (Å²) < 4.78 is 12.5. The van der Waals surface area contributed by atoms with Gasteiger partial charge in [0, 0.05) is 38.8 Å². The maximum atomic E-state index is 12.4. The van der Waals surface area contributed by atoms with Crippen molar-refractivity contribution in [1.29, 1.82) is 0 Å². The first-order valence-electron chi connectivity index (χ1n) is 11.2. The van der Waals surface area contributed by atoms with Crippen LogP contribution in [-0.4, -0.2) is 17.6 Å².